The molecule has 2 aromatic carbocycles. The highest BCUT2D eigenvalue weighted by molar-refractivity contribution is 7.89. The number of nitrogens with one attached hydrogen (secondary N) is 1. The monoisotopic (exact) mass is 417 g/mol. The zero-order valence-corrected chi connectivity index (χ0v) is 17.4. The molecule has 0 bridgehead atoms. The van der Waals surface area contributed by atoms with Crippen LogP contribution in [-0.2, 0) is 21.4 Å². The average Bonchev–Trinajstić information content (AvgIpc) is 2.77. The molecule has 7 nitrogen and oxygen atoms in total. The van der Waals surface area contributed by atoms with Gasteiger partial charge in [-0.2, -0.15) is 4.31 Å². The minimum Gasteiger partial charge on any atom is -0.496 e. The highest BCUT2D eigenvalue weighted by Gasteiger charge is 2.27. The summed E-state index contributed by atoms with van der Waals surface area (Å²) in [6.45, 7) is 3.07. The van der Waals surface area contributed by atoms with Crippen LogP contribution in [0.25, 0.3) is 0 Å². The van der Waals surface area contributed by atoms with Gasteiger partial charge >= 0.3 is 0 Å². The molecule has 2 aromatic rings. The number of hydrogen-bond acceptors (Lipinski definition) is 5. The molecule has 1 amide bonds. The van der Waals surface area contributed by atoms with E-state index in [4.69, 9.17) is 4.74 Å². The van der Waals surface area contributed by atoms with Crippen molar-refractivity contribution in [3.05, 3.63) is 60.2 Å². The normalized spacial score (nSPS) is 14.8. The number of amides is 1. The van der Waals surface area contributed by atoms with E-state index in [9.17, 15) is 13.2 Å². The van der Waals surface area contributed by atoms with Gasteiger partial charge in [0.05, 0.1) is 12.0 Å². The second kappa shape index (κ2) is 9.87. The van der Waals surface area contributed by atoms with Crippen LogP contribution < -0.4 is 10.1 Å². The predicted octanol–water partition coefficient (Wildman–Crippen LogP) is 1.71. The number of piperazine rings is 1. The fraction of sp³-hybridized carbons (Fsp3) is 0.381. The Morgan fingerprint density at radius 3 is 2.41 bits per heavy atom. The van der Waals surface area contributed by atoms with Crippen LogP contribution in [0.2, 0.25) is 0 Å². The number of carbonyl (C=O) groups is 1. The molecule has 0 spiro atoms. The van der Waals surface area contributed by atoms with E-state index >= 15 is 0 Å². The van der Waals surface area contributed by atoms with Crippen molar-refractivity contribution in [2.75, 3.05) is 39.8 Å². The van der Waals surface area contributed by atoms with Gasteiger partial charge < -0.3 is 15.0 Å². The maximum atomic E-state index is 13.3. The van der Waals surface area contributed by atoms with Crippen molar-refractivity contribution in [1.82, 2.24) is 14.5 Å². The van der Waals surface area contributed by atoms with Crippen molar-refractivity contribution in [1.29, 1.82) is 0 Å². The maximum absolute atomic E-state index is 13.3. The summed E-state index contributed by atoms with van der Waals surface area (Å²) in [5.74, 6) is 0.592. The molecule has 0 aliphatic carbocycles. The Morgan fingerprint density at radius 2 is 1.72 bits per heavy atom. The van der Waals surface area contributed by atoms with Gasteiger partial charge in [0, 0.05) is 51.3 Å². The van der Waals surface area contributed by atoms with Gasteiger partial charge in [0.25, 0.3) is 0 Å². The molecule has 0 saturated carbocycles. The summed E-state index contributed by atoms with van der Waals surface area (Å²) in [5, 5.41) is 3.21. The van der Waals surface area contributed by atoms with Crippen LogP contribution in [-0.4, -0.2) is 63.4 Å². The van der Waals surface area contributed by atoms with E-state index < -0.39 is 10.0 Å². The first-order chi connectivity index (χ1) is 14.0. The van der Waals surface area contributed by atoms with Crippen LogP contribution in [0.4, 0.5) is 0 Å². The van der Waals surface area contributed by atoms with Gasteiger partial charge in [-0.25, -0.2) is 8.42 Å². The number of nitrogens with zero attached hydrogens (tertiary/aromatic N) is 2. The van der Waals surface area contributed by atoms with Gasteiger partial charge in [-0.1, -0.05) is 36.4 Å². The number of para-hydroxylation sites is 1. The smallest absolute Gasteiger partial charge is 0.243 e. The molecular weight excluding hydrogens is 390 g/mol. The number of carbonyl (C=O) groups excluding carboxylic acids is 1. The summed E-state index contributed by atoms with van der Waals surface area (Å²) in [6.07, 6.45) is 0.140. The number of rotatable bonds is 8. The Hall–Kier alpha value is -2.42. The van der Waals surface area contributed by atoms with Gasteiger partial charge in [-0.05, 0) is 18.2 Å². The lowest BCUT2D eigenvalue weighted by molar-refractivity contribution is -0.131. The molecular formula is C21H27N3O4S. The second-order valence-corrected chi connectivity index (χ2v) is 8.78. The highest BCUT2D eigenvalue weighted by Crippen LogP contribution is 2.24. The zero-order chi connectivity index (χ0) is 20.7. The third-order valence-electron chi connectivity index (χ3n) is 4.96. The third kappa shape index (κ3) is 5.35. The first-order valence-electron chi connectivity index (χ1n) is 9.68. The fourth-order valence-electron chi connectivity index (χ4n) is 3.34. The second-order valence-electron chi connectivity index (χ2n) is 6.84. The van der Waals surface area contributed by atoms with E-state index in [-0.39, 0.29) is 30.3 Å². The molecule has 29 heavy (non-hydrogen) atoms. The molecule has 1 fully saturated rings. The largest absolute Gasteiger partial charge is 0.496 e. The van der Waals surface area contributed by atoms with Crippen molar-refractivity contribution in [3.8, 4) is 5.75 Å². The number of sulfonamides is 1. The fourth-order valence-corrected chi connectivity index (χ4v) is 4.78. The van der Waals surface area contributed by atoms with Crippen LogP contribution in [0.3, 0.4) is 0 Å². The molecule has 1 saturated heterocycles. The molecule has 156 valence electrons. The lowest BCUT2D eigenvalue weighted by Gasteiger charge is -2.29. The Balaban J connectivity index is 1.82. The molecule has 8 heteroatoms. The maximum Gasteiger partial charge on any atom is 0.243 e. The summed E-state index contributed by atoms with van der Waals surface area (Å²) in [5.41, 5.74) is 0.754. The first-order valence-corrected chi connectivity index (χ1v) is 11.1. The van der Waals surface area contributed by atoms with Crippen LogP contribution in [0.1, 0.15) is 12.0 Å². The number of benzene rings is 2. The lowest BCUT2D eigenvalue weighted by atomic mass is 10.2. The molecule has 3 rings (SSSR count). The Bertz CT molecular complexity index is 913. The molecule has 0 aromatic heterocycles. The van der Waals surface area contributed by atoms with E-state index in [1.165, 1.54) is 4.31 Å². The minimum absolute atomic E-state index is 0.0280. The average molecular weight is 418 g/mol. The van der Waals surface area contributed by atoms with Gasteiger partial charge in [0.1, 0.15) is 5.75 Å². The van der Waals surface area contributed by atoms with Crippen molar-refractivity contribution in [3.63, 3.8) is 0 Å². The molecule has 0 unspecified atom stereocenters. The number of methoxy groups -OCH3 is 1. The number of hydrogen-bond donors (Lipinski definition) is 1. The van der Waals surface area contributed by atoms with E-state index in [0.29, 0.717) is 18.8 Å². The van der Waals surface area contributed by atoms with Crippen molar-refractivity contribution < 1.29 is 17.9 Å². The SMILES string of the molecule is COc1ccccc1CN(CCC(=O)N1CCNCC1)S(=O)(=O)c1ccccc1. The molecule has 0 atom stereocenters. The van der Waals surface area contributed by atoms with Gasteiger partial charge in [-0.15, -0.1) is 0 Å². The minimum atomic E-state index is -3.76. The zero-order valence-electron chi connectivity index (χ0n) is 16.6. The van der Waals surface area contributed by atoms with Crippen molar-refractivity contribution in [2.45, 2.75) is 17.9 Å². The van der Waals surface area contributed by atoms with Gasteiger partial charge in [0.15, 0.2) is 0 Å². The van der Waals surface area contributed by atoms with Crippen LogP contribution >= 0.6 is 0 Å². The summed E-state index contributed by atoms with van der Waals surface area (Å²) in [6, 6.07) is 15.6. The highest BCUT2D eigenvalue weighted by atomic mass is 32.2. The van der Waals surface area contributed by atoms with Crippen LogP contribution in [0.15, 0.2) is 59.5 Å². The Morgan fingerprint density at radius 1 is 1.07 bits per heavy atom. The quantitative estimate of drug-likeness (QED) is 0.707. The molecule has 1 aliphatic rings. The van der Waals surface area contributed by atoms with Gasteiger partial charge in [-0.3, -0.25) is 4.79 Å². The number of ether oxygens (including phenoxy) is 1. The van der Waals surface area contributed by atoms with E-state index in [1.54, 1.807) is 48.4 Å². The van der Waals surface area contributed by atoms with Crippen LogP contribution in [0.5, 0.6) is 5.75 Å². The summed E-state index contributed by atoms with van der Waals surface area (Å²) >= 11 is 0. The standard InChI is InChI=1S/C21H27N3O4S/c1-28-20-10-6-5-7-18(20)17-24(29(26,27)19-8-3-2-4-9-19)14-11-21(25)23-15-12-22-13-16-23/h2-10,22H,11-17H2,1H3. The van der Waals surface area contributed by atoms with Crippen molar-refractivity contribution in [2.24, 2.45) is 0 Å². The lowest BCUT2D eigenvalue weighted by Crippen LogP contribution is -2.47. The summed E-state index contributed by atoms with van der Waals surface area (Å²) in [4.78, 5) is 14.6. The van der Waals surface area contributed by atoms with E-state index in [1.807, 2.05) is 18.2 Å². The third-order valence-corrected chi connectivity index (χ3v) is 6.82. The van der Waals surface area contributed by atoms with Crippen LogP contribution in [0, 0.1) is 0 Å². The summed E-state index contributed by atoms with van der Waals surface area (Å²) < 4.78 is 33.3. The molecule has 1 heterocycles. The topological polar surface area (TPSA) is 79.0 Å². The first kappa shape index (κ1) is 21.3. The van der Waals surface area contributed by atoms with E-state index in [0.717, 1.165) is 18.7 Å². The van der Waals surface area contributed by atoms with E-state index in [2.05, 4.69) is 5.32 Å². The Labute approximate surface area is 172 Å². The molecule has 1 aliphatic heterocycles. The predicted molar refractivity (Wildman–Crippen MR) is 111 cm³/mol. The summed E-state index contributed by atoms with van der Waals surface area (Å²) in [7, 11) is -2.20. The van der Waals surface area contributed by atoms with Gasteiger partial charge in [0.2, 0.25) is 15.9 Å². The molecule has 1 N–H and O–H groups in total. The Kier molecular flexibility index (Phi) is 7.24. The van der Waals surface area contributed by atoms with Crippen molar-refractivity contribution >= 4 is 15.9 Å². The molecule has 0 radical (unpaired) electrons.